The molecule has 19 heavy (non-hydrogen) atoms. The van der Waals surface area contributed by atoms with Crippen LogP contribution < -0.4 is 11.1 Å². The molecule has 0 aliphatic carbocycles. The highest BCUT2D eigenvalue weighted by molar-refractivity contribution is 6.44. The SMILES string of the molecule is Cc1cccc(NC(=O)c2cc(N)c(Cl)c(Cl)c2)n1. The number of nitrogen functional groups attached to an aromatic ring is 1. The van der Waals surface area contributed by atoms with Crippen LogP contribution in [0.4, 0.5) is 11.5 Å². The van der Waals surface area contributed by atoms with Crippen molar-refractivity contribution in [1.29, 1.82) is 0 Å². The zero-order chi connectivity index (χ0) is 14.0. The van der Waals surface area contributed by atoms with E-state index in [1.807, 2.05) is 13.0 Å². The van der Waals surface area contributed by atoms with Crippen LogP contribution in [0.1, 0.15) is 16.1 Å². The first-order valence-corrected chi connectivity index (χ1v) is 6.22. The number of nitrogens with one attached hydrogen (secondary N) is 1. The normalized spacial score (nSPS) is 10.3. The molecule has 2 rings (SSSR count). The van der Waals surface area contributed by atoms with E-state index in [1.54, 1.807) is 12.1 Å². The molecule has 0 atom stereocenters. The van der Waals surface area contributed by atoms with Crippen molar-refractivity contribution in [3.63, 3.8) is 0 Å². The zero-order valence-electron chi connectivity index (χ0n) is 10.1. The van der Waals surface area contributed by atoms with E-state index in [4.69, 9.17) is 28.9 Å². The number of benzene rings is 1. The number of hydrogen-bond donors (Lipinski definition) is 2. The lowest BCUT2D eigenvalue weighted by atomic mass is 10.2. The molecule has 1 aromatic carbocycles. The average molecular weight is 296 g/mol. The first kappa shape index (κ1) is 13.6. The number of pyridine rings is 1. The Morgan fingerprint density at radius 1 is 1.32 bits per heavy atom. The number of carbonyl (C=O) groups excluding carboxylic acids is 1. The van der Waals surface area contributed by atoms with Gasteiger partial charge in [-0.3, -0.25) is 4.79 Å². The van der Waals surface area contributed by atoms with Crippen LogP contribution >= 0.6 is 23.2 Å². The van der Waals surface area contributed by atoms with Crippen LogP contribution in [-0.4, -0.2) is 10.9 Å². The molecule has 0 saturated carbocycles. The monoisotopic (exact) mass is 295 g/mol. The number of rotatable bonds is 2. The van der Waals surface area contributed by atoms with Gasteiger partial charge in [-0.25, -0.2) is 4.98 Å². The number of aromatic nitrogens is 1. The molecule has 0 saturated heterocycles. The number of aryl methyl sites for hydroxylation is 1. The van der Waals surface area contributed by atoms with Crippen molar-refractivity contribution in [1.82, 2.24) is 4.98 Å². The third kappa shape index (κ3) is 3.16. The van der Waals surface area contributed by atoms with Crippen LogP contribution in [0.3, 0.4) is 0 Å². The molecule has 0 unspecified atom stereocenters. The second kappa shape index (κ2) is 5.47. The molecule has 1 aromatic heterocycles. The van der Waals surface area contributed by atoms with Gasteiger partial charge in [-0.1, -0.05) is 29.3 Å². The molecular formula is C13H11Cl2N3O. The molecule has 0 bridgehead atoms. The molecule has 0 fully saturated rings. The van der Waals surface area contributed by atoms with Gasteiger partial charge in [0.05, 0.1) is 15.7 Å². The Labute approximate surface area is 120 Å². The van der Waals surface area contributed by atoms with Gasteiger partial charge >= 0.3 is 0 Å². The van der Waals surface area contributed by atoms with Crippen LogP contribution in [-0.2, 0) is 0 Å². The van der Waals surface area contributed by atoms with Gasteiger partial charge in [-0.2, -0.15) is 0 Å². The van der Waals surface area contributed by atoms with E-state index in [0.717, 1.165) is 5.69 Å². The highest BCUT2D eigenvalue weighted by Crippen LogP contribution is 2.29. The Morgan fingerprint density at radius 3 is 2.68 bits per heavy atom. The summed E-state index contributed by atoms with van der Waals surface area (Å²) in [6.07, 6.45) is 0. The molecule has 1 amide bonds. The number of hydrogen-bond acceptors (Lipinski definition) is 3. The van der Waals surface area contributed by atoms with Gasteiger partial charge in [0.1, 0.15) is 5.82 Å². The summed E-state index contributed by atoms with van der Waals surface area (Å²) in [7, 11) is 0. The van der Waals surface area contributed by atoms with Crippen molar-refractivity contribution in [2.75, 3.05) is 11.1 Å². The molecule has 1 heterocycles. The van der Waals surface area contributed by atoms with E-state index in [9.17, 15) is 4.79 Å². The van der Waals surface area contributed by atoms with Gasteiger partial charge < -0.3 is 11.1 Å². The molecule has 2 aromatic rings. The molecule has 0 radical (unpaired) electrons. The van der Waals surface area contributed by atoms with Gasteiger partial charge in [0, 0.05) is 11.3 Å². The van der Waals surface area contributed by atoms with Gasteiger partial charge in [0.2, 0.25) is 0 Å². The topological polar surface area (TPSA) is 68.0 Å². The van der Waals surface area contributed by atoms with Gasteiger partial charge in [0.25, 0.3) is 5.91 Å². The maximum atomic E-state index is 12.0. The molecule has 6 heteroatoms. The van der Waals surface area contributed by atoms with E-state index < -0.39 is 0 Å². The maximum absolute atomic E-state index is 12.0. The van der Waals surface area contributed by atoms with Crippen LogP contribution in [0.5, 0.6) is 0 Å². The second-order valence-corrected chi connectivity index (χ2v) is 4.76. The fraction of sp³-hybridized carbons (Fsp3) is 0.0769. The minimum absolute atomic E-state index is 0.240. The maximum Gasteiger partial charge on any atom is 0.256 e. The molecule has 4 nitrogen and oxygen atoms in total. The van der Waals surface area contributed by atoms with Crippen molar-refractivity contribution < 1.29 is 4.79 Å². The summed E-state index contributed by atoms with van der Waals surface area (Å²) in [5, 5.41) is 3.15. The van der Waals surface area contributed by atoms with E-state index in [2.05, 4.69) is 10.3 Å². The van der Waals surface area contributed by atoms with Gasteiger partial charge in [-0.05, 0) is 31.2 Å². The number of amides is 1. The fourth-order valence-corrected chi connectivity index (χ4v) is 1.88. The molecule has 98 valence electrons. The second-order valence-electron chi connectivity index (χ2n) is 3.98. The largest absolute Gasteiger partial charge is 0.397 e. The zero-order valence-corrected chi connectivity index (χ0v) is 11.6. The number of nitrogens with two attached hydrogens (primary N) is 1. The quantitative estimate of drug-likeness (QED) is 0.833. The molecule has 3 N–H and O–H groups in total. The summed E-state index contributed by atoms with van der Waals surface area (Å²) in [4.78, 5) is 16.2. The van der Waals surface area contributed by atoms with Crippen molar-refractivity contribution >= 4 is 40.6 Å². The lowest BCUT2D eigenvalue weighted by molar-refractivity contribution is 0.102. The van der Waals surface area contributed by atoms with Crippen LogP contribution in [0.25, 0.3) is 0 Å². The number of halogens is 2. The number of anilines is 2. The van der Waals surface area contributed by atoms with Crippen molar-refractivity contribution in [2.24, 2.45) is 0 Å². The van der Waals surface area contributed by atoms with Crippen LogP contribution in [0, 0.1) is 6.92 Å². The van der Waals surface area contributed by atoms with Crippen molar-refractivity contribution in [2.45, 2.75) is 6.92 Å². The Morgan fingerprint density at radius 2 is 2.05 bits per heavy atom. The molecular weight excluding hydrogens is 285 g/mol. The predicted molar refractivity (Wildman–Crippen MR) is 77.8 cm³/mol. The fourth-order valence-electron chi connectivity index (χ4n) is 1.54. The Kier molecular flexibility index (Phi) is 3.93. The third-order valence-electron chi connectivity index (χ3n) is 2.45. The highest BCUT2D eigenvalue weighted by Gasteiger charge is 2.12. The Hall–Kier alpha value is -1.78. The van der Waals surface area contributed by atoms with Gasteiger partial charge in [-0.15, -0.1) is 0 Å². The van der Waals surface area contributed by atoms with Crippen molar-refractivity contribution in [3.05, 3.63) is 51.6 Å². The van der Waals surface area contributed by atoms with Crippen LogP contribution in [0.15, 0.2) is 30.3 Å². The lowest BCUT2D eigenvalue weighted by Crippen LogP contribution is -2.13. The summed E-state index contributed by atoms with van der Waals surface area (Å²) in [6, 6.07) is 8.28. The summed E-state index contributed by atoms with van der Waals surface area (Å²) < 4.78 is 0. The van der Waals surface area contributed by atoms with Crippen LogP contribution in [0.2, 0.25) is 10.0 Å². The minimum Gasteiger partial charge on any atom is -0.397 e. The molecule has 0 aliphatic heterocycles. The van der Waals surface area contributed by atoms with Gasteiger partial charge in [0.15, 0.2) is 0 Å². The number of nitrogens with zero attached hydrogens (tertiary/aromatic N) is 1. The minimum atomic E-state index is -0.344. The summed E-state index contributed by atoms with van der Waals surface area (Å²) in [5.74, 6) is 0.123. The molecule has 0 aliphatic rings. The van der Waals surface area contributed by atoms with Crippen molar-refractivity contribution in [3.8, 4) is 0 Å². The average Bonchev–Trinajstić information content (AvgIpc) is 2.35. The standard InChI is InChI=1S/C13H11Cl2N3O/c1-7-3-2-4-11(17-7)18-13(19)8-5-9(14)12(15)10(16)6-8/h2-6H,16H2,1H3,(H,17,18,19). The smallest absolute Gasteiger partial charge is 0.256 e. The van der Waals surface area contributed by atoms with E-state index in [0.29, 0.717) is 11.4 Å². The number of carbonyl (C=O) groups is 1. The third-order valence-corrected chi connectivity index (χ3v) is 3.27. The van der Waals surface area contributed by atoms with E-state index in [1.165, 1.54) is 12.1 Å². The first-order chi connectivity index (χ1) is 8.97. The Balaban J connectivity index is 2.25. The van der Waals surface area contributed by atoms with E-state index in [-0.39, 0.29) is 21.6 Å². The first-order valence-electron chi connectivity index (χ1n) is 5.47. The summed E-state index contributed by atoms with van der Waals surface area (Å²) in [6.45, 7) is 1.84. The summed E-state index contributed by atoms with van der Waals surface area (Å²) >= 11 is 11.7. The molecule has 0 spiro atoms. The van der Waals surface area contributed by atoms with E-state index >= 15 is 0 Å². The predicted octanol–water partition coefficient (Wildman–Crippen LogP) is 3.53. The lowest BCUT2D eigenvalue weighted by Gasteiger charge is -2.07. The highest BCUT2D eigenvalue weighted by atomic mass is 35.5. The Bertz CT molecular complexity index is 621. The summed E-state index contributed by atoms with van der Waals surface area (Å²) in [5.41, 5.74) is 7.07.